The number of amides is 1. The van der Waals surface area contributed by atoms with Gasteiger partial charge in [0.05, 0.1) is 22.9 Å². The van der Waals surface area contributed by atoms with Crippen molar-refractivity contribution >= 4 is 16.8 Å². The molecule has 7 heteroatoms. The highest BCUT2D eigenvalue weighted by Gasteiger charge is 2.23. The molecule has 0 unspecified atom stereocenters. The lowest BCUT2D eigenvalue weighted by molar-refractivity contribution is 0.0912. The molecule has 0 saturated carbocycles. The van der Waals surface area contributed by atoms with Gasteiger partial charge < -0.3 is 5.32 Å². The SMILES string of the molecule is CC(C)(NC(=O)c1cccc(-c2n[nH]c3ccc(-c4cn[nH]n4)cc23)c1)c1ccccc1. The summed E-state index contributed by atoms with van der Waals surface area (Å²) in [6, 6.07) is 23.4. The van der Waals surface area contributed by atoms with Gasteiger partial charge in [0.15, 0.2) is 0 Å². The number of aromatic amines is 2. The predicted octanol–water partition coefficient (Wildman–Crippen LogP) is 4.68. The lowest BCUT2D eigenvalue weighted by Crippen LogP contribution is -2.40. The lowest BCUT2D eigenvalue weighted by atomic mass is 9.93. The highest BCUT2D eigenvalue weighted by Crippen LogP contribution is 2.30. The molecule has 0 bridgehead atoms. The van der Waals surface area contributed by atoms with Crippen molar-refractivity contribution in [2.45, 2.75) is 19.4 Å². The van der Waals surface area contributed by atoms with Gasteiger partial charge in [0, 0.05) is 22.1 Å². The third-order valence-electron chi connectivity index (χ3n) is 5.59. The number of nitrogens with zero attached hydrogens (tertiary/aromatic N) is 3. The van der Waals surface area contributed by atoms with Crippen LogP contribution in [0.15, 0.2) is 79.0 Å². The Morgan fingerprint density at radius 3 is 2.53 bits per heavy atom. The minimum Gasteiger partial charge on any atom is -0.343 e. The van der Waals surface area contributed by atoms with Crippen LogP contribution >= 0.6 is 0 Å². The van der Waals surface area contributed by atoms with E-state index >= 15 is 0 Å². The second kappa shape index (κ2) is 7.77. The van der Waals surface area contributed by atoms with Gasteiger partial charge in [-0.1, -0.05) is 48.5 Å². The molecule has 158 valence electrons. The molecule has 3 N–H and O–H groups in total. The zero-order valence-electron chi connectivity index (χ0n) is 17.8. The van der Waals surface area contributed by atoms with Crippen LogP contribution in [0.2, 0.25) is 0 Å². The average Bonchev–Trinajstić information content (AvgIpc) is 3.49. The van der Waals surface area contributed by atoms with Crippen molar-refractivity contribution in [3.8, 4) is 22.5 Å². The smallest absolute Gasteiger partial charge is 0.251 e. The van der Waals surface area contributed by atoms with Crippen molar-refractivity contribution in [2.24, 2.45) is 0 Å². The minimum atomic E-state index is -0.500. The predicted molar refractivity (Wildman–Crippen MR) is 124 cm³/mol. The molecule has 2 heterocycles. The fourth-order valence-corrected chi connectivity index (χ4v) is 3.82. The van der Waals surface area contributed by atoms with E-state index in [1.807, 2.05) is 86.6 Å². The Hall–Kier alpha value is -4.26. The normalized spacial score (nSPS) is 11.6. The maximum atomic E-state index is 13.1. The van der Waals surface area contributed by atoms with Crippen LogP contribution in [0.4, 0.5) is 0 Å². The summed E-state index contributed by atoms with van der Waals surface area (Å²) >= 11 is 0. The van der Waals surface area contributed by atoms with E-state index in [0.717, 1.165) is 39.0 Å². The third kappa shape index (κ3) is 3.65. The van der Waals surface area contributed by atoms with Crippen LogP contribution in [-0.4, -0.2) is 31.5 Å². The van der Waals surface area contributed by atoms with Gasteiger partial charge in [-0.2, -0.15) is 20.5 Å². The average molecular weight is 422 g/mol. The first-order valence-electron chi connectivity index (χ1n) is 10.3. The Morgan fingerprint density at radius 2 is 1.75 bits per heavy atom. The second-order valence-electron chi connectivity index (χ2n) is 8.21. The van der Waals surface area contributed by atoms with Crippen LogP contribution in [0, 0.1) is 0 Å². The second-order valence-corrected chi connectivity index (χ2v) is 8.21. The van der Waals surface area contributed by atoms with E-state index in [1.54, 1.807) is 6.20 Å². The summed E-state index contributed by atoms with van der Waals surface area (Å²) in [6.45, 7) is 3.99. The summed E-state index contributed by atoms with van der Waals surface area (Å²) in [5, 5.41) is 22.4. The number of benzene rings is 3. The summed E-state index contributed by atoms with van der Waals surface area (Å²) in [4.78, 5) is 13.1. The lowest BCUT2D eigenvalue weighted by Gasteiger charge is -2.27. The summed E-state index contributed by atoms with van der Waals surface area (Å²) in [7, 11) is 0. The molecule has 32 heavy (non-hydrogen) atoms. The van der Waals surface area contributed by atoms with Gasteiger partial charge >= 0.3 is 0 Å². The standard InChI is InChI=1S/C25H22N6O/c1-25(2,19-9-4-3-5-10-19)27-24(32)18-8-6-7-17(13-18)23-20-14-16(22-15-26-31-29-22)11-12-21(20)28-30-23/h3-15H,1-2H3,(H,27,32)(H,28,30)(H,26,29,31). The largest absolute Gasteiger partial charge is 0.343 e. The number of aromatic nitrogens is 5. The maximum Gasteiger partial charge on any atom is 0.251 e. The summed E-state index contributed by atoms with van der Waals surface area (Å²) in [5.41, 5.74) is 5.37. The first-order valence-corrected chi connectivity index (χ1v) is 10.3. The van der Waals surface area contributed by atoms with Gasteiger partial charge in [0.2, 0.25) is 0 Å². The van der Waals surface area contributed by atoms with Crippen LogP contribution in [0.1, 0.15) is 29.8 Å². The zero-order chi connectivity index (χ0) is 22.1. The van der Waals surface area contributed by atoms with Gasteiger partial charge in [0.25, 0.3) is 5.91 Å². The molecule has 0 radical (unpaired) electrons. The van der Waals surface area contributed by atoms with E-state index in [2.05, 4.69) is 30.9 Å². The molecular weight excluding hydrogens is 400 g/mol. The van der Waals surface area contributed by atoms with Crippen molar-refractivity contribution < 1.29 is 4.79 Å². The number of nitrogens with one attached hydrogen (secondary N) is 3. The highest BCUT2D eigenvalue weighted by atomic mass is 16.1. The van der Waals surface area contributed by atoms with Gasteiger partial charge in [-0.15, -0.1) is 0 Å². The van der Waals surface area contributed by atoms with E-state index in [1.165, 1.54) is 0 Å². The van der Waals surface area contributed by atoms with E-state index in [-0.39, 0.29) is 5.91 Å². The van der Waals surface area contributed by atoms with Crippen molar-refractivity contribution in [1.29, 1.82) is 0 Å². The fraction of sp³-hybridized carbons (Fsp3) is 0.120. The maximum absolute atomic E-state index is 13.1. The number of fused-ring (bicyclic) bond motifs is 1. The molecule has 0 atom stereocenters. The van der Waals surface area contributed by atoms with Crippen molar-refractivity contribution in [1.82, 2.24) is 30.9 Å². The molecule has 0 aliphatic rings. The zero-order valence-corrected chi connectivity index (χ0v) is 17.8. The topological polar surface area (TPSA) is 99.4 Å². The number of carbonyl (C=O) groups is 1. The number of carbonyl (C=O) groups excluding carboxylic acids is 1. The van der Waals surface area contributed by atoms with Crippen LogP contribution < -0.4 is 5.32 Å². The molecule has 0 spiro atoms. The number of H-pyrrole nitrogens is 2. The molecule has 0 fully saturated rings. The Bertz CT molecular complexity index is 1390. The molecule has 5 rings (SSSR count). The molecular formula is C25H22N6O. The van der Waals surface area contributed by atoms with Crippen LogP contribution in [-0.2, 0) is 5.54 Å². The van der Waals surface area contributed by atoms with Crippen molar-refractivity contribution in [2.75, 3.05) is 0 Å². The van der Waals surface area contributed by atoms with Crippen LogP contribution in [0.3, 0.4) is 0 Å². The Kier molecular flexibility index (Phi) is 4.78. The monoisotopic (exact) mass is 422 g/mol. The highest BCUT2D eigenvalue weighted by molar-refractivity contribution is 5.99. The van der Waals surface area contributed by atoms with E-state index in [4.69, 9.17) is 0 Å². The van der Waals surface area contributed by atoms with Crippen LogP contribution in [0.5, 0.6) is 0 Å². The molecule has 5 aromatic rings. The summed E-state index contributed by atoms with van der Waals surface area (Å²) in [6.07, 6.45) is 1.68. The third-order valence-corrected chi connectivity index (χ3v) is 5.59. The summed E-state index contributed by atoms with van der Waals surface area (Å²) in [5.74, 6) is -0.135. The molecule has 3 aromatic carbocycles. The van der Waals surface area contributed by atoms with Crippen molar-refractivity contribution in [3.05, 3.63) is 90.1 Å². The first-order chi connectivity index (χ1) is 15.5. The molecule has 2 aromatic heterocycles. The minimum absolute atomic E-state index is 0.135. The molecule has 7 nitrogen and oxygen atoms in total. The Morgan fingerprint density at radius 1 is 0.906 bits per heavy atom. The number of hydrogen-bond acceptors (Lipinski definition) is 4. The van der Waals surface area contributed by atoms with Crippen LogP contribution in [0.25, 0.3) is 33.4 Å². The number of rotatable bonds is 5. The van der Waals surface area contributed by atoms with Crippen molar-refractivity contribution in [3.63, 3.8) is 0 Å². The van der Waals surface area contributed by atoms with E-state index in [0.29, 0.717) is 5.56 Å². The fourth-order valence-electron chi connectivity index (χ4n) is 3.82. The summed E-state index contributed by atoms with van der Waals surface area (Å²) < 4.78 is 0. The molecule has 0 saturated heterocycles. The van der Waals surface area contributed by atoms with Gasteiger partial charge in [0.1, 0.15) is 5.69 Å². The van der Waals surface area contributed by atoms with E-state index in [9.17, 15) is 4.79 Å². The van der Waals surface area contributed by atoms with Gasteiger partial charge in [-0.3, -0.25) is 9.89 Å². The van der Waals surface area contributed by atoms with Gasteiger partial charge in [-0.05, 0) is 43.7 Å². The quantitative estimate of drug-likeness (QED) is 0.383. The molecule has 0 aliphatic heterocycles. The Balaban J connectivity index is 1.47. The number of hydrogen-bond donors (Lipinski definition) is 3. The Labute approximate surface area is 184 Å². The van der Waals surface area contributed by atoms with Gasteiger partial charge in [-0.25, -0.2) is 0 Å². The molecule has 1 amide bonds. The van der Waals surface area contributed by atoms with E-state index < -0.39 is 5.54 Å². The first kappa shape index (κ1) is 19.7. The molecule has 0 aliphatic carbocycles.